The van der Waals surface area contributed by atoms with E-state index in [0.29, 0.717) is 31.1 Å². The van der Waals surface area contributed by atoms with E-state index in [9.17, 15) is 4.79 Å². The monoisotopic (exact) mass is 344 g/mol. The van der Waals surface area contributed by atoms with Gasteiger partial charge in [0.25, 0.3) is 0 Å². The smallest absolute Gasteiger partial charge is 0.175 e. The zero-order chi connectivity index (χ0) is 14.5. The molecule has 0 saturated heterocycles. The number of benzene rings is 1. The number of carbonyl (C=O) groups excluding carboxylic acids is 1. The molecule has 2 unspecified atom stereocenters. The summed E-state index contributed by atoms with van der Waals surface area (Å²) in [5.41, 5.74) is 0. The first kappa shape index (κ1) is 15.3. The maximum absolute atomic E-state index is 11.6. The van der Waals surface area contributed by atoms with Crippen LogP contribution in [0.2, 0.25) is 0 Å². The van der Waals surface area contributed by atoms with Crippen LogP contribution in [0.5, 0.6) is 11.5 Å². The molecule has 0 heterocycles. The van der Waals surface area contributed by atoms with E-state index in [-0.39, 0.29) is 11.9 Å². The minimum atomic E-state index is -0.526. The topological polar surface area (TPSA) is 54.0 Å². The summed E-state index contributed by atoms with van der Waals surface area (Å²) in [6.45, 7) is 0.828. The first-order valence-corrected chi connectivity index (χ1v) is 7.09. The third kappa shape index (κ3) is 3.31. The van der Waals surface area contributed by atoms with Crippen LogP contribution >= 0.6 is 15.9 Å². The average Bonchev–Trinajstić information content (AvgIpc) is 2.44. The second-order valence-corrected chi connectivity index (χ2v) is 5.24. The fourth-order valence-electron chi connectivity index (χ4n) is 1.95. The predicted molar refractivity (Wildman–Crippen MR) is 76.4 cm³/mol. The summed E-state index contributed by atoms with van der Waals surface area (Å²) in [7, 11) is 3.17. The number of para-hydroxylation sites is 1. The Kier molecular flexibility index (Phi) is 5.39. The fraction of sp³-hybridized carbons (Fsp3) is 0.500. The number of ether oxygens (including phenoxy) is 4. The molecule has 1 fully saturated rings. The van der Waals surface area contributed by atoms with Crippen molar-refractivity contribution in [1.29, 1.82) is 0 Å². The second kappa shape index (κ2) is 7.06. The number of hydrogen-bond acceptors (Lipinski definition) is 5. The van der Waals surface area contributed by atoms with Crippen LogP contribution in [0.25, 0.3) is 0 Å². The molecule has 20 heavy (non-hydrogen) atoms. The zero-order valence-corrected chi connectivity index (χ0v) is 13.0. The van der Waals surface area contributed by atoms with Crippen LogP contribution in [0, 0.1) is 0 Å². The summed E-state index contributed by atoms with van der Waals surface area (Å²) in [6.07, 6.45) is -0.462. The van der Waals surface area contributed by atoms with Gasteiger partial charge in [0.2, 0.25) is 0 Å². The van der Waals surface area contributed by atoms with E-state index >= 15 is 0 Å². The summed E-state index contributed by atoms with van der Waals surface area (Å²) < 4.78 is 22.3. The van der Waals surface area contributed by atoms with Crippen LogP contribution in [0.4, 0.5) is 0 Å². The van der Waals surface area contributed by atoms with E-state index in [1.54, 1.807) is 20.3 Å². The lowest BCUT2D eigenvalue weighted by atomic mass is 9.90. The molecular weight excluding hydrogens is 328 g/mol. The predicted octanol–water partition coefficient (Wildman–Crippen LogP) is 2.21. The lowest BCUT2D eigenvalue weighted by Gasteiger charge is -2.35. The molecule has 110 valence electrons. The van der Waals surface area contributed by atoms with Crippen LogP contribution < -0.4 is 9.47 Å². The Morgan fingerprint density at radius 3 is 2.75 bits per heavy atom. The number of carbonyl (C=O) groups is 1. The lowest BCUT2D eigenvalue weighted by molar-refractivity contribution is -0.156. The largest absolute Gasteiger partial charge is 0.493 e. The molecule has 0 aromatic heterocycles. The summed E-state index contributed by atoms with van der Waals surface area (Å²) in [6, 6.07) is 5.52. The second-order valence-electron chi connectivity index (χ2n) is 4.38. The number of Topliss-reactive ketones (excluding diaryl/α,β-unsaturated/α-hetero) is 1. The molecule has 0 amide bonds. The summed E-state index contributed by atoms with van der Waals surface area (Å²) >= 11 is 3.42. The Bertz CT molecular complexity index is 477. The SMILES string of the molecule is COCCOC1C(=O)CC1Oc1c(Br)cccc1OC. The molecule has 2 rings (SSSR count). The van der Waals surface area contributed by atoms with Crippen LogP contribution in [-0.4, -0.2) is 45.4 Å². The average molecular weight is 345 g/mol. The molecule has 1 aromatic rings. The Morgan fingerprint density at radius 1 is 1.30 bits per heavy atom. The minimum absolute atomic E-state index is 0.0529. The lowest BCUT2D eigenvalue weighted by Crippen LogP contribution is -2.52. The van der Waals surface area contributed by atoms with Crippen LogP contribution in [0.15, 0.2) is 22.7 Å². The number of hydrogen-bond donors (Lipinski definition) is 0. The van der Waals surface area contributed by atoms with Crippen molar-refractivity contribution < 1.29 is 23.7 Å². The van der Waals surface area contributed by atoms with Crippen molar-refractivity contribution in [2.45, 2.75) is 18.6 Å². The third-order valence-electron chi connectivity index (χ3n) is 3.06. The quantitative estimate of drug-likeness (QED) is 0.710. The highest BCUT2D eigenvalue weighted by Crippen LogP contribution is 2.38. The Balaban J connectivity index is 2.01. The molecule has 2 atom stereocenters. The van der Waals surface area contributed by atoms with E-state index in [4.69, 9.17) is 18.9 Å². The fourth-order valence-corrected chi connectivity index (χ4v) is 2.39. The molecule has 6 heteroatoms. The number of methoxy groups -OCH3 is 2. The third-order valence-corrected chi connectivity index (χ3v) is 3.69. The van der Waals surface area contributed by atoms with Crippen molar-refractivity contribution >= 4 is 21.7 Å². The molecule has 0 radical (unpaired) electrons. The molecule has 1 aromatic carbocycles. The Labute approximate surface area is 126 Å². The first-order chi connectivity index (χ1) is 9.67. The van der Waals surface area contributed by atoms with Crippen molar-refractivity contribution in [1.82, 2.24) is 0 Å². The minimum Gasteiger partial charge on any atom is -0.493 e. The van der Waals surface area contributed by atoms with Gasteiger partial charge in [-0.05, 0) is 28.1 Å². The summed E-state index contributed by atoms with van der Waals surface area (Å²) in [4.78, 5) is 11.6. The molecule has 1 saturated carbocycles. The van der Waals surface area contributed by atoms with Crippen LogP contribution in [0.1, 0.15) is 6.42 Å². The van der Waals surface area contributed by atoms with Gasteiger partial charge in [-0.25, -0.2) is 0 Å². The van der Waals surface area contributed by atoms with Gasteiger partial charge in [0.05, 0.1) is 24.8 Å². The van der Waals surface area contributed by atoms with Gasteiger partial charge in [0.1, 0.15) is 6.10 Å². The standard InChI is InChI=1S/C14H17BrO5/c1-17-6-7-19-14-10(16)8-12(14)20-13-9(15)4-3-5-11(13)18-2/h3-5,12,14H,6-8H2,1-2H3. The first-order valence-electron chi connectivity index (χ1n) is 6.29. The normalized spacial score (nSPS) is 21.4. The molecular formula is C14H17BrO5. The Morgan fingerprint density at radius 2 is 2.10 bits per heavy atom. The molecule has 1 aliphatic carbocycles. The van der Waals surface area contributed by atoms with Gasteiger partial charge in [-0.3, -0.25) is 4.79 Å². The molecule has 0 bridgehead atoms. The van der Waals surface area contributed by atoms with Crippen molar-refractivity contribution in [2.75, 3.05) is 27.4 Å². The Hall–Kier alpha value is -1.11. The molecule has 0 spiro atoms. The number of ketones is 1. The number of rotatable bonds is 7. The van der Waals surface area contributed by atoms with Crippen molar-refractivity contribution in [3.05, 3.63) is 22.7 Å². The molecule has 0 aliphatic heterocycles. The van der Waals surface area contributed by atoms with Crippen molar-refractivity contribution in [3.8, 4) is 11.5 Å². The van der Waals surface area contributed by atoms with Gasteiger partial charge in [-0.15, -0.1) is 0 Å². The van der Waals surface area contributed by atoms with Gasteiger partial charge in [-0.1, -0.05) is 6.07 Å². The van der Waals surface area contributed by atoms with Gasteiger partial charge < -0.3 is 18.9 Å². The van der Waals surface area contributed by atoms with E-state index in [1.165, 1.54) is 0 Å². The maximum Gasteiger partial charge on any atom is 0.175 e. The highest BCUT2D eigenvalue weighted by atomic mass is 79.9. The molecule has 1 aliphatic rings. The van der Waals surface area contributed by atoms with Crippen molar-refractivity contribution in [3.63, 3.8) is 0 Å². The van der Waals surface area contributed by atoms with E-state index in [0.717, 1.165) is 4.47 Å². The van der Waals surface area contributed by atoms with Crippen molar-refractivity contribution in [2.24, 2.45) is 0 Å². The summed E-state index contributed by atoms with van der Waals surface area (Å²) in [5.74, 6) is 1.26. The van der Waals surface area contributed by atoms with E-state index in [1.807, 2.05) is 12.1 Å². The summed E-state index contributed by atoms with van der Waals surface area (Å²) in [5, 5.41) is 0. The molecule has 0 N–H and O–H groups in total. The highest BCUT2D eigenvalue weighted by molar-refractivity contribution is 9.10. The van der Waals surface area contributed by atoms with Gasteiger partial charge in [0, 0.05) is 13.5 Å². The van der Waals surface area contributed by atoms with Gasteiger partial charge >= 0.3 is 0 Å². The van der Waals surface area contributed by atoms with Crippen LogP contribution in [0.3, 0.4) is 0 Å². The van der Waals surface area contributed by atoms with Gasteiger partial charge in [-0.2, -0.15) is 0 Å². The van der Waals surface area contributed by atoms with Crippen LogP contribution in [-0.2, 0) is 14.3 Å². The zero-order valence-electron chi connectivity index (χ0n) is 11.4. The van der Waals surface area contributed by atoms with E-state index in [2.05, 4.69) is 15.9 Å². The maximum atomic E-state index is 11.6. The van der Waals surface area contributed by atoms with Gasteiger partial charge in [0.15, 0.2) is 23.4 Å². The molecule has 5 nitrogen and oxygen atoms in total. The highest BCUT2D eigenvalue weighted by Gasteiger charge is 2.43. The van der Waals surface area contributed by atoms with E-state index < -0.39 is 6.10 Å². The number of halogens is 1.